The highest BCUT2D eigenvalue weighted by Gasteiger charge is 2.21. The molecule has 5 rings (SSSR count). The Morgan fingerprint density at radius 1 is 1.04 bits per heavy atom. The highest BCUT2D eigenvalue weighted by Crippen LogP contribution is 2.38. The maximum absolute atomic E-state index is 14.0. The summed E-state index contributed by atoms with van der Waals surface area (Å²) in [5.74, 6) is -0.394. The molecule has 0 spiro atoms. The molecule has 1 aliphatic carbocycles. The van der Waals surface area contributed by atoms with Gasteiger partial charge in [-0.05, 0) is 61.1 Å². The highest BCUT2D eigenvalue weighted by atomic mass is 19.1. The third-order valence-electron chi connectivity index (χ3n) is 5.16. The molecule has 2 heterocycles. The molecular weight excluding hydrogens is 315 g/mol. The van der Waals surface area contributed by atoms with Gasteiger partial charge in [0.15, 0.2) is 0 Å². The van der Waals surface area contributed by atoms with E-state index < -0.39 is 5.82 Å². The van der Waals surface area contributed by atoms with Crippen LogP contribution >= 0.6 is 0 Å². The lowest BCUT2D eigenvalue weighted by molar-refractivity contribution is 0.633. The van der Waals surface area contributed by atoms with Gasteiger partial charge in [-0.25, -0.2) is 9.37 Å². The minimum atomic E-state index is -0.394. The van der Waals surface area contributed by atoms with E-state index in [9.17, 15) is 4.39 Å². The number of aromatic nitrogens is 3. The van der Waals surface area contributed by atoms with Gasteiger partial charge in [0.25, 0.3) is 0 Å². The van der Waals surface area contributed by atoms with Crippen molar-refractivity contribution in [2.45, 2.75) is 25.7 Å². The van der Waals surface area contributed by atoms with E-state index in [1.807, 2.05) is 24.4 Å². The van der Waals surface area contributed by atoms with Gasteiger partial charge in [0, 0.05) is 16.3 Å². The smallest absolute Gasteiger partial charge is 0.146 e. The van der Waals surface area contributed by atoms with Gasteiger partial charge in [-0.3, -0.25) is 5.10 Å². The lowest BCUT2D eigenvalue weighted by Gasteiger charge is -2.22. The number of halogens is 1. The van der Waals surface area contributed by atoms with Crippen LogP contribution in [0.25, 0.3) is 33.1 Å². The number of aryl methyl sites for hydroxylation is 1. The summed E-state index contributed by atoms with van der Waals surface area (Å²) in [6, 6.07) is 8.99. The molecule has 2 aromatic heterocycles. The van der Waals surface area contributed by atoms with Crippen LogP contribution in [0, 0.1) is 5.82 Å². The van der Waals surface area contributed by atoms with E-state index in [2.05, 4.69) is 10.2 Å². The number of nitrogens with two attached hydrogens (primary N) is 1. The first-order valence-electron chi connectivity index (χ1n) is 8.55. The Bertz CT molecular complexity index is 1130. The van der Waals surface area contributed by atoms with Crippen molar-refractivity contribution in [2.24, 2.45) is 0 Å². The maximum atomic E-state index is 14.0. The topological polar surface area (TPSA) is 67.6 Å². The number of hydrogen-bond donors (Lipinski definition) is 2. The molecule has 0 aliphatic heterocycles. The zero-order valence-corrected chi connectivity index (χ0v) is 13.6. The average molecular weight is 332 g/mol. The number of benzene rings is 2. The van der Waals surface area contributed by atoms with Crippen LogP contribution in [0.2, 0.25) is 0 Å². The maximum Gasteiger partial charge on any atom is 0.146 e. The second-order valence-electron chi connectivity index (χ2n) is 6.65. The van der Waals surface area contributed by atoms with Crippen LogP contribution in [0.15, 0.2) is 36.5 Å². The summed E-state index contributed by atoms with van der Waals surface area (Å²) >= 11 is 0. The fourth-order valence-corrected chi connectivity index (χ4v) is 3.96. The van der Waals surface area contributed by atoms with Gasteiger partial charge in [0.2, 0.25) is 0 Å². The number of nitrogens with zero attached hydrogens (tertiary/aromatic N) is 2. The van der Waals surface area contributed by atoms with Crippen molar-refractivity contribution >= 4 is 27.5 Å². The number of nitrogens with one attached hydrogen (secondary N) is 1. The molecule has 0 amide bonds. The minimum Gasteiger partial charge on any atom is -0.396 e. The van der Waals surface area contributed by atoms with Crippen molar-refractivity contribution in [3.63, 3.8) is 0 Å². The predicted molar refractivity (Wildman–Crippen MR) is 97.8 cm³/mol. The van der Waals surface area contributed by atoms with Crippen molar-refractivity contribution in [3.05, 3.63) is 53.5 Å². The summed E-state index contributed by atoms with van der Waals surface area (Å²) in [5.41, 5.74) is 12.0. The third kappa shape index (κ3) is 2.12. The standard InChI is InChI=1S/C20H17FN4/c21-15-9-11(5-6-16(15)22)20-13-4-2-1-3-12(13)19-14-10-23-25-17(14)7-8-18(19)24-20/h5-10H,1-4,22H2,(H,23,25). The molecule has 1 aliphatic rings. The van der Waals surface area contributed by atoms with E-state index in [0.29, 0.717) is 0 Å². The molecule has 5 heteroatoms. The first-order chi connectivity index (χ1) is 12.2. The third-order valence-corrected chi connectivity index (χ3v) is 5.16. The van der Waals surface area contributed by atoms with Crippen molar-refractivity contribution in [3.8, 4) is 11.3 Å². The molecular formula is C20H17FN4. The fourth-order valence-electron chi connectivity index (χ4n) is 3.96. The summed E-state index contributed by atoms with van der Waals surface area (Å²) in [7, 11) is 0. The second kappa shape index (κ2) is 5.28. The summed E-state index contributed by atoms with van der Waals surface area (Å²) in [5, 5.41) is 9.51. The van der Waals surface area contributed by atoms with Gasteiger partial charge >= 0.3 is 0 Å². The minimum absolute atomic E-state index is 0.165. The molecule has 0 atom stereocenters. The molecule has 25 heavy (non-hydrogen) atoms. The number of rotatable bonds is 1. The second-order valence-corrected chi connectivity index (χ2v) is 6.65. The van der Waals surface area contributed by atoms with Crippen LogP contribution in [0.4, 0.5) is 10.1 Å². The lowest BCUT2D eigenvalue weighted by atomic mass is 9.85. The Kier molecular flexibility index (Phi) is 3.04. The largest absolute Gasteiger partial charge is 0.396 e. The van der Waals surface area contributed by atoms with E-state index in [-0.39, 0.29) is 5.69 Å². The van der Waals surface area contributed by atoms with Gasteiger partial charge in [-0.1, -0.05) is 6.07 Å². The lowest BCUT2D eigenvalue weighted by Crippen LogP contribution is -2.08. The molecule has 0 saturated carbocycles. The molecule has 0 fully saturated rings. The van der Waals surface area contributed by atoms with Crippen LogP contribution in [-0.2, 0) is 12.8 Å². The Morgan fingerprint density at radius 3 is 2.72 bits per heavy atom. The van der Waals surface area contributed by atoms with E-state index in [1.165, 1.54) is 22.6 Å². The first-order valence-corrected chi connectivity index (χ1v) is 8.55. The van der Waals surface area contributed by atoms with Gasteiger partial charge in [0.05, 0.1) is 28.6 Å². The van der Waals surface area contributed by atoms with Crippen LogP contribution in [0.3, 0.4) is 0 Å². The number of anilines is 1. The van der Waals surface area contributed by atoms with Crippen molar-refractivity contribution < 1.29 is 4.39 Å². The zero-order chi connectivity index (χ0) is 17.0. The predicted octanol–water partition coefficient (Wildman–Crippen LogP) is 4.38. The van der Waals surface area contributed by atoms with Gasteiger partial charge < -0.3 is 5.73 Å². The van der Waals surface area contributed by atoms with E-state index in [4.69, 9.17) is 10.7 Å². The van der Waals surface area contributed by atoms with E-state index >= 15 is 0 Å². The number of hydrogen-bond acceptors (Lipinski definition) is 3. The fraction of sp³-hybridized carbons (Fsp3) is 0.200. The summed E-state index contributed by atoms with van der Waals surface area (Å²) in [4.78, 5) is 4.91. The van der Waals surface area contributed by atoms with Crippen molar-refractivity contribution in [1.82, 2.24) is 15.2 Å². The monoisotopic (exact) mass is 332 g/mol. The van der Waals surface area contributed by atoms with Gasteiger partial charge in [-0.2, -0.15) is 5.10 Å². The zero-order valence-electron chi connectivity index (χ0n) is 13.6. The summed E-state index contributed by atoms with van der Waals surface area (Å²) < 4.78 is 14.0. The average Bonchev–Trinajstić information content (AvgIpc) is 3.12. The number of pyridine rings is 1. The summed E-state index contributed by atoms with van der Waals surface area (Å²) in [6.45, 7) is 0. The Labute approximate surface area is 143 Å². The Balaban J connectivity index is 1.88. The molecule has 2 aromatic carbocycles. The molecule has 0 bridgehead atoms. The normalized spacial score (nSPS) is 14.1. The van der Waals surface area contributed by atoms with Crippen LogP contribution in [0.1, 0.15) is 24.0 Å². The van der Waals surface area contributed by atoms with Crippen LogP contribution in [-0.4, -0.2) is 15.2 Å². The Hall–Kier alpha value is -2.95. The van der Waals surface area contributed by atoms with Crippen molar-refractivity contribution in [2.75, 3.05) is 5.73 Å². The van der Waals surface area contributed by atoms with Gasteiger partial charge in [-0.15, -0.1) is 0 Å². The SMILES string of the molecule is Nc1ccc(-c2nc3ccc4[nH]ncc4c3c3c2CCCC3)cc1F. The number of H-pyrrole nitrogens is 1. The van der Waals surface area contributed by atoms with Gasteiger partial charge in [0.1, 0.15) is 5.82 Å². The first kappa shape index (κ1) is 14.4. The summed E-state index contributed by atoms with van der Waals surface area (Å²) in [6.07, 6.45) is 6.15. The van der Waals surface area contributed by atoms with E-state index in [1.54, 1.807) is 6.07 Å². The quantitative estimate of drug-likeness (QED) is 0.508. The number of aromatic amines is 1. The van der Waals surface area contributed by atoms with E-state index in [0.717, 1.165) is 53.4 Å². The molecule has 0 unspecified atom stereocenters. The van der Waals surface area contributed by atoms with Crippen LogP contribution < -0.4 is 5.73 Å². The van der Waals surface area contributed by atoms with Crippen molar-refractivity contribution in [1.29, 1.82) is 0 Å². The number of nitrogen functional groups attached to an aromatic ring is 1. The Morgan fingerprint density at radius 2 is 1.88 bits per heavy atom. The molecule has 4 aromatic rings. The molecule has 0 radical (unpaired) electrons. The molecule has 3 N–H and O–H groups in total. The highest BCUT2D eigenvalue weighted by molar-refractivity contribution is 6.07. The number of fused-ring (bicyclic) bond motifs is 5. The molecule has 0 saturated heterocycles. The molecule has 4 nitrogen and oxygen atoms in total. The van der Waals surface area contributed by atoms with Crippen LogP contribution in [0.5, 0.6) is 0 Å². The molecule has 124 valence electrons.